The minimum Gasteiger partial charge on any atom is -0.285 e. The molecule has 10 heteroatoms. The van der Waals surface area contributed by atoms with Crippen LogP contribution < -0.4 is 0 Å². The van der Waals surface area contributed by atoms with Crippen molar-refractivity contribution >= 4 is 21.5 Å². The summed E-state index contributed by atoms with van der Waals surface area (Å²) >= 11 is 0. The van der Waals surface area contributed by atoms with Crippen molar-refractivity contribution in [3.63, 3.8) is 0 Å². The Morgan fingerprint density at radius 3 is 2.00 bits per heavy atom. The highest BCUT2D eigenvalue weighted by molar-refractivity contribution is 7.85. The molecule has 0 radical (unpaired) electrons. The van der Waals surface area contributed by atoms with Gasteiger partial charge in [0.1, 0.15) is 5.75 Å². The van der Waals surface area contributed by atoms with Crippen molar-refractivity contribution in [2.75, 3.05) is 0 Å². The first-order valence-electron chi connectivity index (χ1n) is 5.74. The van der Waals surface area contributed by atoms with Crippen molar-refractivity contribution in [3.05, 3.63) is 43.5 Å². The third-order valence-electron chi connectivity index (χ3n) is 2.75. The lowest BCUT2D eigenvalue weighted by atomic mass is 9.83. The second kappa shape index (κ2) is 5.37. The van der Waals surface area contributed by atoms with Crippen LogP contribution in [0.3, 0.4) is 0 Å². The fourth-order valence-corrected chi connectivity index (χ4v) is 2.58. The van der Waals surface area contributed by atoms with Gasteiger partial charge < -0.3 is 0 Å². The van der Waals surface area contributed by atoms with E-state index in [0.29, 0.717) is 6.07 Å². The van der Waals surface area contributed by atoms with E-state index in [1.54, 1.807) is 20.8 Å². The molecule has 0 heterocycles. The molecular weight excluding hydrogens is 304 g/mol. The summed E-state index contributed by atoms with van der Waals surface area (Å²) in [4.78, 5) is 20.2. The first kappa shape index (κ1) is 17.0. The minimum atomic E-state index is -4.52. The third-order valence-corrected chi connectivity index (χ3v) is 3.41. The van der Waals surface area contributed by atoms with Crippen molar-refractivity contribution < 1.29 is 22.8 Å². The monoisotopic (exact) mass is 318 g/mol. The van der Waals surface area contributed by atoms with Crippen LogP contribution in [0.25, 0.3) is 0 Å². The summed E-state index contributed by atoms with van der Waals surface area (Å²) in [6.45, 7) is 4.88. The predicted octanol–water partition coefficient (Wildman–Crippen LogP) is 2.19. The Bertz CT molecular complexity index is 704. The number of benzene rings is 1. The van der Waals surface area contributed by atoms with Crippen molar-refractivity contribution in [1.29, 1.82) is 0 Å². The highest BCUT2D eigenvalue weighted by Gasteiger charge is 2.31. The van der Waals surface area contributed by atoms with Crippen LogP contribution in [0.4, 0.5) is 11.4 Å². The van der Waals surface area contributed by atoms with E-state index in [9.17, 15) is 28.6 Å². The average Bonchev–Trinajstić information content (AvgIpc) is 2.24. The zero-order valence-electron chi connectivity index (χ0n) is 11.6. The summed E-state index contributed by atoms with van der Waals surface area (Å²) < 4.78 is 31.1. The number of non-ortho nitro benzene ring substituents is 1. The maximum Gasteiger partial charge on any atom is 0.280 e. The molecule has 1 aromatic rings. The molecule has 0 aliphatic carbocycles. The van der Waals surface area contributed by atoms with Gasteiger partial charge in [0.15, 0.2) is 0 Å². The molecule has 21 heavy (non-hydrogen) atoms. The van der Waals surface area contributed by atoms with Gasteiger partial charge in [-0.1, -0.05) is 20.8 Å². The van der Waals surface area contributed by atoms with Crippen LogP contribution in [-0.4, -0.2) is 22.8 Å². The molecule has 0 atom stereocenters. The summed E-state index contributed by atoms with van der Waals surface area (Å²) in [5, 5.41) is 21.9. The van der Waals surface area contributed by atoms with Gasteiger partial charge in [-0.3, -0.25) is 24.8 Å². The van der Waals surface area contributed by atoms with Crippen LogP contribution in [0.5, 0.6) is 0 Å². The fraction of sp³-hybridized carbons (Fsp3) is 0.455. The van der Waals surface area contributed by atoms with Crippen LogP contribution in [-0.2, 0) is 21.3 Å². The van der Waals surface area contributed by atoms with E-state index in [1.807, 2.05) is 0 Å². The molecule has 9 nitrogen and oxygen atoms in total. The van der Waals surface area contributed by atoms with E-state index < -0.39 is 42.5 Å². The average molecular weight is 318 g/mol. The Labute approximate surface area is 120 Å². The third kappa shape index (κ3) is 4.20. The van der Waals surface area contributed by atoms with Crippen molar-refractivity contribution in [2.45, 2.75) is 31.9 Å². The van der Waals surface area contributed by atoms with E-state index >= 15 is 0 Å². The number of hydrogen-bond acceptors (Lipinski definition) is 6. The second-order valence-corrected chi connectivity index (χ2v) is 6.93. The van der Waals surface area contributed by atoms with Gasteiger partial charge in [-0.2, -0.15) is 8.42 Å². The van der Waals surface area contributed by atoms with Gasteiger partial charge in [0.05, 0.1) is 21.5 Å². The highest BCUT2D eigenvalue weighted by atomic mass is 32.2. The Balaban J connectivity index is 3.79. The van der Waals surface area contributed by atoms with Crippen LogP contribution in [0.15, 0.2) is 12.1 Å². The first-order valence-corrected chi connectivity index (χ1v) is 7.35. The lowest BCUT2D eigenvalue weighted by Gasteiger charge is -2.22. The van der Waals surface area contributed by atoms with E-state index in [0.717, 1.165) is 6.07 Å². The van der Waals surface area contributed by atoms with Gasteiger partial charge in [-0.15, -0.1) is 0 Å². The summed E-state index contributed by atoms with van der Waals surface area (Å²) in [7, 11) is -4.52. The molecule has 0 spiro atoms. The summed E-state index contributed by atoms with van der Waals surface area (Å²) in [6.07, 6.45) is 0. The van der Waals surface area contributed by atoms with Crippen molar-refractivity contribution in [3.8, 4) is 0 Å². The summed E-state index contributed by atoms with van der Waals surface area (Å²) in [6, 6.07) is 1.78. The number of hydrogen-bond donors (Lipinski definition) is 1. The Kier molecular flexibility index (Phi) is 4.34. The highest BCUT2D eigenvalue weighted by Crippen LogP contribution is 2.36. The number of nitrogens with zero attached hydrogens (tertiary/aromatic N) is 2. The van der Waals surface area contributed by atoms with E-state index in [4.69, 9.17) is 4.55 Å². The molecule has 0 bridgehead atoms. The SMILES string of the molecule is CC(C)(C)c1cc([N+](=O)[O-])cc([N+](=O)[O-])c1CS(=O)(=O)O. The molecule has 0 aliphatic heterocycles. The van der Waals surface area contributed by atoms with E-state index in [1.165, 1.54) is 0 Å². The first-order chi connectivity index (χ1) is 9.33. The molecule has 0 saturated carbocycles. The van der Waals surface area contributed by atoms with Crippen LogP contribution in [0.1, 0.15) is 31.9 Å². The second-order valence-electron chi connectivity index (χ2n) is 5.48. The number of rotatable bonds is 4. The smallest absolute Gasteiger partial charge is 0.280 e. The van der Waals surface area contributed by atoms with E-state index in [-0.39, 0.29) is 11.1 Å². The Morgan fingerprint density at radius 2 is 1.67 bits per heavy atom. The van der Waals surface area contributed by atoms with E-state index in [2.05, 4.69) is 0 Å². The fourth-order valence-electron chi connectivity index (χ4n) is 1.91. The Morgan fingerprint density at radius 1 is 1.14 bits per heavy atom. The maximum atomic E-state index is 11.1. The zero-order chi connectivity index (χ0) is 16.6. The van der Waals surface area contributed by atoms with Crippen LogP contribution in [0.2, 0.25) is 0 Å². The molecule has 116 valence electrons. The van der Waals surface area contributed by atoms with Gasteiger partial charge in [0.2, 0.25) is 0 Å². The molecule has 0 amide bonds. The van der Waals surface area contributed by atoms with Crippen molar-refractivity contribution in [2.24, 2.45) is 0 Å². The molecule has 1 N–H and O–H groups in total. The molecule has 1 aromatic carbocycles. The van der Waals surface area contributed by atoms with Crippen LogP contribution >= 0.6 is 0 Å². The normalized spacial score (nSPS) is 12.2. The molecule has 0 aromatic heterocycles. The molecule has 0 saturated heterocycles. The standard InChI is InChI=1S/C11H14N2O7S/c1-11(2,3)9-4-7(12(14)15)5-10(13(16)17)8(9)6-21(18,19)20/h4-5H,6H2,1-3H3,(H,18,19,20). The largest absolute Gasteiger partial charge is 0.285 e. The van der Waals surface area contributed by atoms with Gasteiger partial charge in [-0.05, 0) is 11.0 Å². The molecule has 0 unspecified atom stereocenters. The maximum absolute atomic E-state index is 11.1. The van der Waals surface area contributed by atoms with Gasteiger partial charge in [0, 0.05) is 6.07 Å². The summed E-state index contributed by atoms with van der Waals surface area (Å²) in [5.74, 6) is -0.978. The molecule has 0 fully saturated rings. The number of nitro benzene ring substituents is 2. The topological polar surface area (TPSA) is 141 Å². The van der Waals surface area contributed by atoms with Crippen LogP contribution in [0, 0.1) is 20.2 Å². The minimum absolute atomic E-state index is 0.126. The van der Waals surface area contributed by atoms with Gasteiger partial charge in [0.25, 0.3) is 21.5 Å². The Hall–Kier alpha value is -2.07. The van der Waals surface area contributed by atoms with Gasteiger partial charge >= 0.3 is 0 Å². The predicted molar refractivity (Wildman–Crippen MR) is 73.7 cm³/mol. The molecular formula is C11H14N2O7S. The quantitative estimate of drug-likeness (QED) is 0.509. The number of nitro groups is 2. The van der Waals surface area contributed by atoms with Crippen molar-refractivity contribution in [1.82, 2.24) is 0 Å². The summed E-state index contributed by atoms with van der Waals surface area (Å²) in [5.41, 5.74) is -2.12. The lowest BCUT2D eigenvalue weighted by Crippen LogP contribution is -2.18. The lowest BCUT2D eigenvalue weighted by molar-refractivity contribution is -0.394. The molecule has 0 aliphatic rings. The van der Waals surface area contributed by atoms with Gasteiger partial charge in [-0.25, -0.2) is 0 Å². The molecule has 1 rings (SSSR count). The zero-order valence-corrected chi connectivity index (χ0v) is 12.4.